The zero-order valence-electron chi connectivity index (χ0n) is 24.0. The van der Waals surface area contributed by atoms with E-state index in [-0.39, 0.29) is 59.7 Å². The lowest BCUT2D eigenvalue weighted by Crippen LogP contribution is -2.19. The van der Waals surface area contributed by atoms with Gasteiger partial charge in [0.2, 0.25) is 11.2 Å². The maximum atomic E-state index is 14.1. The molecule has 11 heteroatoms. The first-order chi connectivity index (χ1) is 20.1. The van der Waals surface area contributed by atoms with Crippen LogP contribution in [0.3, 0.4) is 0 Å². The number of rotatable bonds is 13. The second-order valence-electron chi connectivity index (χ2n) is 9.59. The highest BCUT2D eigenvalue weighted by atomic mass is 16.6. The maximum absolute atomic E-state index is 14.1. The van der Waals surface area contributed by atoms with Gasteiger partial charge in [-0.1, -0.05) is 27.7 Å². The van der Waals surface area contributed by atoms with E-state index in [4.69, 9.17) is 18.6 Å². The van der Waals surface area contributed by atoms with Gasteiger partial charge < -0.3 is 28.8 Å². The molecule has 0 fully saturated rings. The van der Waals surface area contributed by atoms with Crippen molar-refractivity contribution in [3.8, 4) is 40.1 Å². The lowest BCUT2D eigenvalue weighted by atomic mass is 10.00. The van der Waals surface area contributed by atoms with Gasteiger partial charge in [0.15, 0.2) is 17.3 Å². The molecule has 0 saturated heterocycles. The summed E-state index contributed by atoms with van der Waals surface area (Å²) in [5.74, 6) is -5.30. The van der Waals surface area contributed by atoms with E-state index < -0.39 is 51.8 Å². The van der Waals surface area contributed by atoms with Crippen molar-refractivity contribution < 1.29 is 48.0 Å². The molecule has 0 unspecified atom stereocenters. The van der Waals surface area contributed by atoms with Gasteiger partial charge in [-0.05, 0) is 37.8 Å². The van der Waals surface area contributed by atoms with Gasteiger partial charge >= 0.3 is 17.9 Å². The molecule has 0 aliphatic carbocycles. The number of carbonyl (C=O) groups is 4. The third kappa shape index (κ3) is 7.15. The number of hydrogen-bond donors (Lipinski definition) is 2. The van der Waals surface area contributed by atoms with Crippen LogP contribution in [0, 0.1) is 0 Å². The third-order valence-corrected chi connectivity index (χ3v) is 6.06. The minimum atomic E-state index is -0.973. The first-order valence-electron chi connectivity index (χ1n) is 13.9. The Morgan fingerprint density at radius 3 is 1.83 bits per heavy atom. The molecule has 0 radical (unpaired) electrons. The smallest absolute Gasteiger partial charge is 0.311 e. The second kappa shape index (κ2) is 14.3. The van der Waals surface area contributed by atoms with E-state index in [2.05, 4.69) is 0 Å². The zero-order valence-corrected chi connectivity index (χ0v) is 24.0. The SMILES string of the molecule is CCCC(=O)Oc1cc2oc(-c3ccc(O)cc3O)c(OC(=O)CCC)c(=O)c2c(OC(=O)CCC)c1C(=O)CCC. The second-order valence-corrected chi connectivity index (χ2v) is 9.59. The Bertz CT molecular complexity index is 1570. The van der Waals surface area contributed by atoms with Crippen LogP contribution in [0.25, 0.3) is 22.3 Å². The molecule has 0 amide bonds. The highest BCUT2D eigenvalue weighted by Crippen LogP contribution is 2.43. The van der Waals surface area contributed by atoms with Crippen LogP contribution in [-0.2, 0) is 14.4 Å². The molecule has 0 bridgehead atoms. The van der Waals surface area contributed by atoms with E-state index in [1.165, 1.54) is 12.1 Å². The van der Waals surface area contributed by atoms with Gasteiger partial charge in [0.1, 0.15) is 33.8 Å². The maximum Gasteiger partial charge on any atom is 0.311 e. The van der Waals surface area contributed by atoms with Gasteiger partial charge in [0.25, 0.3) is 0 Å². The van der Waals surface area contributed by atoms with Crippen molar-refractivity contribution in [2.75, 3.05) is 0 Å². The quantitative estimate of drug-likeness (QED) is 0.138. The van der Waals surface area contributed by atoms with E-state index in [1.807, 2.05) is 0 Å². The number of ketones is 1. The fraction of sp³-hybridized carbons (Fsp3) is 0.387. The Kier molecular flexibility index (Phi) is 10.8. The first kappa shape index (κ1) is 31.9. The highest BCUT2D eigenvalue weighted by molar-refractivity contribution is 6.08. The van der Waals surface area contributed by atoms with Crippen LogP contribution in [0.5, 0.6) is 28.7 Å². The summed E-state index contributed by atoms with van der Waals surface area (Å²) in [5, 5.41) is 20.0. The molecule has 0 aliphatic heterocycles. The number of Topliss-reactive ketones (excluding diaryl/α,β-unsaturated/α-hetero) is 1. The van der Waals surface area contributed by atoms with Crippen molar-refractivity contribution in [3.05, 3.63) is 40.1 Å². The van der Waals surface area contributed by atoms with E-state index in [1.54, 1.807) is 27.7 Å². The molecule has 1 aromatic heterocycles. The molecule has 0 saturated carbocycles. The molecule has 42 heavy (non-hydrogen) atoms. The van der Waals surface area contributed by atoms with E-state index >= 15 is 0 Å². The summed E-state index contributed by atoms with van der Waals surface area (Å²) in [4.78, 5) is 65.3. The van der Waals surface area contributed by atoms with Crippen molar-refractivity contribution in [3.63, 3.8) is 0 Å². The highest BCUT2D eigenvalue weighted by Gasteiger charge is 2.31. The standard InChI is InChI=1S/C31H34O11/c1-5-9-19(33)26-21(39-23(35)10-6-2)16-22-27(30(26)41-24(36)11-7-3)28(38)31(42-25(37)12-8-4)29(40-22)18-14-13-17(32)15-20(18)34/h13-16,32,34H,5-12H2,1-4H3. The number of benzene rings is 2. The third-order valence-electron chi connectivity index (χ3n) is 6.06. The fourth-order valence-corrected chi connectivity index (χ4v) is 4.18. The van der Waals surface area contributed by atoms with Gasteiger partial charge in [-0.3, -0.25) is 24.0 Å². The number of aromatic hydroxyl groups is 2. The molecule has 2 N–H and O–H groups in total. The van der Waals surface area contributed by atoms with E-state index in [0.29, 0.717) is 25.7 Å². The molecule has 3 aromatic rings. The summed E-state index contributed by atoms with van der Waals surface area (Å²) in [7, 11) is 0. The number of esters is 3. The van der Waals surface area contributed by atoms with Crippen LogP contribution in [0.1, 0.15) is 89.4 Å². The van der Waals surface area contributed by atoms with Gasteiger partial charge in [-0.25, -0.2) is 0 Å². The summed E-state index contributed by atoms with van der Waals surface area (Å²) < 4.78 is 22.5. The number of fused-ring (bicyclic) bond motifs is 1. The Balaban J connectivity index is 2.51. The number of ether oxygens (including phenoxy) is 3. The summed E-state index contributed by atoms with van der Waals surface area (Å²) in [6, 6.07) is 4.62. The number of hydrogen-bond acceptors (Lipinski definition) is 11. The van der Waals surface area contributed by atoms with Crippen LogP contribution in [-0.4, -0.2) is 33.9 Å². The molecule has 1 heterocycles. The molecular weight excluding hydrogens is 548 g/mol. The topological polar surface area (TPSA) is 167 Å². The van der Waals surface area contributed by atoms with Crippen molar-refractivity contribution >= 4 is 34.7 Å². The largest absolute Gasteiger partial charge is 0.508 e. The number of phenols is 2. The fourth-order valence-electron chi connectivity index (χ4n) is 4.18. The first-order valence-corrected chi connectivity index (χ1v) is 13.9. The minimum absolute atomic E-state index is 0.0211. The molecule has 11 nitrogen and oxygen atoms in total. The summed E-state index contributed by atoms with van der Waals surface area (Å²) in [6.07, 6.45) is 1.55. The normalized spacial score (nSPS) is 10.9. The molecule has 2 aromatic carbocycles. The zero-order chi connectivity index (χ0) is 31.0. The van der Waals surface area contributed by atoms with E-state index in [0.717, 1.165) is 12.1 Å². The van der Waals surface area contributed by atoms with Crippen LogP contribution in [0.2, 0.25) is 0 Å². The van der Waals surface area contributed by atoms with Crippen molar-refractivity contribution in [2.45, 2.75) is 79.1 Å². The summed E-state index contributed by atoms with van der Waals surface area (Å²) in [5.41, 5.74) is -1.65. The Morgan fingerprint density at radius 2 is 1.29 bits per heavy atom. The predicted molar refractivity (Wildman–Crippen MR) is 152 cm³/mol. The summed E-state index contributed by atoms with van der Waals surface area (Å²) in [6.45, 7) is 6.98. The number of phenolic OH excluding ortho intramolecular Hbond substituents is 2. The van der Waals surface area contributed by atoms with Crippen LogP contribution >= 0.6 is 0 Å². The monoisotopic (exact) mass is 582 g/mol. The minimum Gasteiger partial charge on any atom is -0.508 e. The van der Waals surface area contributed by atoms with Crippen LogP contribution in [0.4, 0.5) is 0 Å². The Labute approximate surface area is 242 Å². The van der Waals surface area contributed by atoms with Crippen molar-refractivity contribution in [1.82, 2.24) is 0 Å². The van der Waals surface area contributed by atoms with E-state index in [9.17, 15) is 34.2 Å². The molecule has 3 rings (SSSR count). The van der Waals surface area contributed by atoms with Gasteiger partial charge in [0.05, 0.1) is 5.56 Å². The van der Waals surface area contributed by atoms with Gasteiger partial charge in [-0.15, -0.1) is 0 Å². The molecular formula is C31H34O11. The summed E-state index contributed by atoms with van der Waals surface area (Å²) >= 11 is 0. The van der Waals surface area contributed by atoms with Crippen molar-refractivity contribution in [1.29, 1.82) is 0 Å². The Morgan fingerprint density at radius 1 is 0.738 bits per heavy atom. The average molecular weight is 583 g/mol. The van der Waals surface area contributed by atoms with Gasteiger partial charge in [0, 0.05) is 37.8 Å². The molecule has 224 valence electrons. The molecule has 0 aliphatic rings. The number of carbonyl (C=O) groups excluding carboxylic acids is 4. The lowest BCUT2D eigenvalue weighted by molar-refractivity contribution is -0.135. The average Bonchev–Trinajstić information content (AvgIpc) is 2.90. The van der Waals surface area contributed by atoms with Gasteiger partial charge in [-0.2, -0.15) is 0 Å². The predicted octanol–water partition coefficient (Wildman–Crippen LogP) is 5.97. The molecule has 0 atom stereocenters. The van der Waals surface area contributed by atoms with Crippen LogP contribution < -0.4 is 19.6 Å². The lowest BCUT2D eigenvalue weighted by Gasteiger charge is -2.18. The molecule has 0 spiro atoms. The Hall–Kier alpha value is -4.67. The van der Waals surface area contributed by atoms with Crippen LogP contribution in [0.15, 0.2) is 33.5 Å². The van der Waals surface area contributed by atoms with Crippen molar-refractivity contribution in [2.24, 2.45) is 0 Å².